The molecule has 152 valence electrons. The van der Waals surface area contributed by atoms with Gasteiger partial charge < -0.3 is 19.3 Å². The number of halogens is 1. The van der Waals surface area contributed by atoms with Crippen LogP contribution in [0.2, 0.25) is 0 Å². The Balaban J connectivity index is 1.24. The van der Waals surface area contributed by atoms with Gasteiger partial charge in [0.15, 0.2) is 17.3 Å². The maximum absolute atomic E-state index is 13.4. The quantitative estimate of drug-likeness (QED) is 0.666. The Bertz CT molecular complexity index is 1080. The summed E-state index contributed by atoms with van der Waals surface area (Å²) >= 11 is 0. The van der Waals surface area contributed by atoms with E-state index in [2.05, 4.69) is 15.1 Å². The lowest BCUT2D eigenvalue weighted by Gasteiger charge is -2.35. The predicted octanol–water partition coefficient (Wildman–Crippen LogP) is 2.97. The van der Waals surface area contributed by atoms with Gasteiger partial charge in [-0.25, -0.2) is 4.39 Å². The first-order chi connectivity index (χ1) is 14.7. The van der Waals surface area contributed by atoms with Crippen molar-refractivity contribution in [3.8, 4) is 22.8 Å². The number of carbonyl (C=O) groups is 1. The molecule has 1 aromatic heterocycles. The SMILES string of the molecule is O=C(c1cccc(F)c1)N1CCN(c2ccc(-c3ccc4c(c3)OCO4)nn2)CC1. The molecule has 2 aliphatic heterocycles. The first-order valence-corrected chi connectivity index (χ1v) is 9.71. The molecule has 3 heterocycles. The average molecular weight is 406 g/mol. The highest BCUT2D eigenvalue weighted by Crippen LogP contribution is 2.35. The molecule has 3 aromatic rings. The van der Waals surface area contributed by atoms with Crippen LogP contribution in [0, 0.1) is 5.82 Å². The Labute approximate surface area is 172 Å². The lowest BCUT2D eigenvalue weighted by atomic mass is 10.1. The van der Waals surface area contributed by atoms with Gasteiger partial charge in [-0.1, -0.05) is 6.07 Å². The minimum atomic E-state index is -0.405. The first kappa shape index (κ1) is 18.4. The van der Waals surface area contributed by atoms with Crippen molar-refractivity contribution in [2.24, 2.45) is 0 Å². The Kier molecular flexibility index (Phi) is 4.66. The van der Waals surface area contributed by atoms with E-state index in [0.29, 0.717) is 37.5 Å². The lowest BCUT2D eigenvalue weighted by Crippen LogP contribution is -2.49. The third-order valence-electron chi connectivity index (χ3n) is 5.28. The van der Waals surface area contributed by atoms with Gasteiger partial charge in [-0.3, -0.25) is 4.79 Å². The summed E-state index contributed by atoms with van der Waals surface area (Å²) in [6.07, 6.45) is 0. The Hall–Kier alpha value is -3.68. The molecule has 2 aliphatic rings. The number of fused-ring (bicyclic) bond motifs is 1. The molecule has 30 heavy (non-hydrogen) atoms. The smallest absolute Gasteiger partial charge is 0.254 e. The van der Waals surface area contributed by atoms with Crippen LogP contribution in [0.3, 0.4) is 0 Å². The maximum Gasteiger partial charge on any atom is 0.254 e. The highest BCUT2D eigenvalue weighted by Gasteiger charge is 2.23. The number of piperazine rings is 1. The molecule has 0 saturated carbocycles. The van der Waals surface area contributed by atoms with Gasteiger partial charge in [-0.05, 0) is 48.5 Å². The van der Waals surface area contributed by atoms with Crippen LogP contribution in [0.5, 0.6) is 11.5 Å². The summed E-state index contributed by atoms with van der Waals surface area (Å²) < 4.78 is 24.1. The van der Waals surface area contributed by atoms with Crippen molar-refractivity contribution in [2.75, 3.05) is 37.9 Å². The number of carbonyl (C=O) groups excluding carboxylic acids is 1. The molecule has 1 amide bonds. The Morgan fingerprint density at radius 1 is 0.900 bits per heavy atom. The summed E-state index contributed by atoms with van der Waals surface area (Å²) in [7, 11) is 0. The minimum Gasteiger partial charge on any atom is -0.454 e. The van der Waals surface area contributed by atoms with E-state index in [4.69, 9.17) is 9.47 Å². The van der Waals surface area contributed by atoms with Crippen molar-refractivity contribution in [2.45, 2.75) is 0 Å². The van der Waals surface area contributed by atoms with Crippen molar-refractivity contribution < 1.29 is 18.7 Å². The number of benzene rings is 2. The number of aromatic nitrogens is 2. The van der Waals surface area contributed by atoms with Gasteiger partial charge in [0.05, 0.1) is 5.69 Å². The standard InChI is InChI=1S/C22H19FN4O3/c23-17-3-1-2-16(12-17)22(28)27-10-8-26(9-11-27)21-7-5-18(24-25-21)15-4-6-19-20(13-15)30-14-29-19/h1-7,12-13H,8-11,14H2. The van der Waals surface area contributed by atoms with Gasteiger partial charge in [0.25, 0.3) is 5.91 Å². The number of anilines is 1. The molecule has 0 aliphatic carbocycles. The average Bonchev–Trinajstić information content (AvgIpc) is 3.27. The zero-order chi connectivity index (χ0) is 20.5. The highest BCUT2D eigenvalue weighted by atomic mass is 19.1. The molecule has 8 heteroatoms. The van der Waals surface area contributed by atoms with Crippen molar-refractivity contribution >= 4 is 11.7 Å². The van der Waals surface area contributed by atoms with Gasteiger partial charge in [-0.15, -0.1) is 10.2 Å². The van der Waals surface area contributed by atoms with Gasteiger partial charge in [0.2, 0.25) is 6.79 Å². The normalized spacial score (nSPS) is 15.4. The van der Waals surface area contributed by atoms with Crippen LogP contribution >= 0.6 is 0 Å². The van der Waals surface area contributed by atoms with Crippen LogP contribution in [0.1, 0.15) is 10.4 Å². The topological polar surface area (TPSA) is 67.8 Å². The van der Waals surface area contributed by atoms with Crippen LogP contribution in [-0.2, 0) is 0 Å². The van der Waals surface area contributed by atoms with E-state index >= 15 is 0 Å². The van der Waals surface area contributed by atoms with Crippen LogP contribution < -0.4 is 14.4 Å². The maximum atomic E-state index is 13.4. The van der Waals surface area contributed by atoms with Crippen molar-refractivity contribution in [1.29, 1.82) is 0 Å². The van der Waals surface area contributed by atoms with Gasteiger partial charge in [0.1, 0.15) is 5.82 Å². The number of hydrogen-bond acceptors (Lipinski definition) is 6. The van der Waals surface area contributed by atoms with Crippen LogP contribution in [0.4, 0.5) is 10.2 Å². The number of nitrogens with zero attached hydrogens (tertiary/aromatic N) is 4. The van der Waals surface area contributed by atoms with E-state index in [0.717, 1.165) is 22.8 Å². The molecular weight excluding hydrogens is 387 g/mol. The third-order valence-corrected chi connectivity index (χ3v) is 5.28. The number of ether oxygens (including phenoxy) is 2. The van der Waals surface area contributed by atoms with Crippen molar-refractivity contribution in [3.63, 3.8) is 0 Å². The zero-order valence-electron chi connectivity index (χ0n) is 16.1. The van der Waals surface area contributed by atoms with Crippen molar-refractivity contribution in [1.82, 2.24) is 15.1 Å². The minimum absolute atomic E-state index is 0.154. The van der Waals surface area contributed by atoms with Gasteiger partial charge in [-0.2, -0.15) is 0 Å². The summed E-state index contributed by atoms with van der Waals surface area (Å²) in [6, 6.07) is 15.3. The fourth-order valence-electron chi connectivity index (χ4n) is 3.65. The zero-order valence-corrected chi connectivity index (χ0v) is 16.1. The molecule has 2 aromatic carbocycles. The van der Waals surface area contributed by atoms with Crippen LogP contribution in [0.25, 0.3) is 11.3 Å². The van der Waals surface area contributed by atoms with E-state index < -0.39 is 5.82 Å². The fraction of sp³-hybridized carbons (Fsp3) is 0.227. The second-order valence-electron chi connectivity index (χ2n) is 7.13. The summed E-state index contributed by atoms with van der Waals surface area (Å²) in [5.74, 6) is 1.64. The van der Waals surface area contributed by atoms with Gasteiger partial charge >= 0.3 is 0 Å². The van der Waals surface area contributed by atoms with Crippen molar-refractivity contribution in [3.05, 3.63) is 66.0 Å². The van der Waals surface area contributed by atoms with E-state index in [1.165, 1.54) is 12.1 Å². The molecule has 1 saturated heterocycles. The highest BCUT2D eigenvalue weighted by molar-refractivity contribution is 5.94. The summed E-state index contributed by atoms with van der Waals surface area (Å²) in [6.45, 7) is 2.59. The number of hydrogen-bond donors (Lipinski definition) is 0. The first-order valence-electron chi connectivity index (χ1n) is 9.71. The van der Waals surface area contributed by atoms with Crippen LogP contribution in [0.15, 0.2) is 54.6 Å². The molecule has 5 rings (SSSR count). The molecule has 0 unspecified atom stereocenters. The number of rotatable bonds is 3. The second kappa shape index (κ2) is 7.62. The van der Waals surface area contributed by atoms with Gasteiger partial charge in [0, 0.05) is 37.3 Å². The predicted molar refractivity (Wildman–Crippen MR) is 108 cm³/mol. The molecule has 0 spiro atoms. The Morgan fingerprint density at radius 3 is 2.50 bits per heavy atom. The lowest BCUT2D eigenvalue weighted by molar-refractivity contribution is 0.0746. The third kappa shape index (κ3) is 3.52. The van der Waals surface area contributed by atoms with Crippen LogP contribution in [-0.4, -0.2) is 54.0 Å². The number of amides is 1. The summed E-state index contributed by atoms with van der Waals surface area (Å²) in [5, 5.41) is 8.71. The Morgan fingerprint density at radius 2 is 1.73 bits per heavy atom. The van der Waals surface area contributed by atoms with E-state index in [-0.39, 0.29) is 12.7 Å². The summed E-state index contributed by atoms with van der Waals surface area (Å²) in [4.78, 5) is 16.4. The molecule has 0 N–H and O–H groups in total. The molecular formula is C22H19FN4O3. The monoisotopic (exact) mass is 406 g/mol. The molecule has 1 fully saturated rings. The molecule has 0 atom stereocenters. The molecule has 0 bridgehead atoms. The molecule has 0 radical (unpaired) electrons. The van der Waals surface area contributed by atoms with E-state index in [1.54, 1.807) is 17.0 Å². The largest absolute Gasteiger partial charge is 0.454 e. The van der Waals surface area contributed by atoms with E-state index in [9.17, 15) is 9.18 Å². The fourth-order valence-corrected chi connectivity index (χ4v) is 3.65. The summed E-state index contributed by atoms with van der Waals surface area (Å²) in [5.41, 5.74) is 2.03. The van der Waals surface area contributed by atoms with E-state index in [1.807, 2.05) is 30.3 Å². The molecule has 7 nitrogen and oxygen atoms in total. The second-order valence-corrected chi connectivity index (χ2v) is 7.13.